The first kappa shape index (κ1) is 21.7. The van der Waals surface area contributed by atoms with E-state index in [4.69, 9.17) is 4.99 Å². The smallest absolute Gasteiger partial charge is 0.191 e. The molecule has 1 aliphatic carbocycles. The lowest BCUT2D eigenvalue weighted by Crippen LogP contribution is -2.45. The van der Waals surface area contributed by atoms with Crippen LogP contribution >= 0.6 is 24.0 Å². The summed E-state index contributed by atoms with van der Waals surface area (Å²) >= 11 is 0. The second-order valence-electron chi connectivity index (χ2n) is 6.90. The Morgan fingerprint density at radius 2 is 1.89 bits per heavy atom. The van der Waals surface area contributed by atoms with Crippen LogP contribution in [0.1, 0.15) is 43.7 Å². The molecule has 6 nitrogen and oxygen atoms in total. The van der Waals surface area contributed by atoms with Crippen molar-refractivity contribution in [3.8, 4) is 0 Å². The summed E-state index contributed by atoms with van der Waals surface area (Å²) in [6.07, 6.45) is 9.20. The molecule has 1 saturated carbocycles. The maximum Gasteiger partial charge on any atom is 0.191 e. The Morgan fingerprint density at radius 3 is 2.52 bits per heavy atom. The fraction of sp³-hybridized carbons (Fsp3) is 0.500. The Labute approximate surface area is 178 Å². The minimum atomic E-state index is -0.131. The number of rotatable bonds is 6. The van der Waals surface area contributed by atoms with E-state index in [0.29, 0.717) is 12.6 Å². The van der Waals surface area contributed by atoms with E-state index in [1.165, 1.54) is 11.1 Å². The van der Waals surface area contributed by atoms with Gasteiger partial charge >= 0.3 is 0 Å². The van der Waals surface area contributed by atoms with Crippen LogP contribution in [0.4, 0.5) is 0 Å². The highest BCUT2D eigenvalue weighted by atomic mass is 127. The normalized spacial score (nSPS) is 20.0. The molecule has 0 bridgehead atoms. The molecule has 0 radical (unpaired) electrons. The third-order valence-electron chi connectivity index (χ3n) is 4.75. The van der Waals surface area contributed by atoms with Crippen LogP contribution in [-0.2, 0) is 13.1 Å². The van der Waals surface area contributed by atoms with Crippen LogP contribution in [0.25, 0.3) is 0 Å². The lowest BCUT2D eigenvalue weighted by atomic mass is 9.93. The Morgan fingerprint density at radius 1 is 1.19 bits per heavy atom. The summed E-state index contributed by atoms with van der Waals surface area (Å²) in [5.74, 6) is 0.858. The van der Waals surface area contributed by atoms with Crippen LogP contribution in [0.5, 0.6) is 0 Å². The molecule has 0 spiro atoms. The van der Waals surface area contributed by atoms with E-state index >= 15 is 0 Å². The minimum absolute atomic E-state index is 0. The number of halogens is 1. The minimum Gasteiger partial charge on any atom is -0.393 e. The van der Waals surface area contributed by atoms with Gasteiger partial charge < -0.3 is 20.3 Å². The number of nitrogens with one attached hydrogen (secondary N) is 2. The summed E-state index contributed by atoms with van der Waals surface area (Å²) in [6, 6.07) is 8.96. The molecule has 1 fully saturated rings. The molecular weight excluding hydrogens is 453 g/mol. The van der Waals surface area contributed by atoms with Crippen molar-refractivity contribution >= 4 is 29.9 Å². The fourth-order valence-corrected chi connectivity index (χ4v) is 3.25. The van der Waals surface area contributed by atoms with Gasteiger partial charge in [-0.1, -0.05) is 24.3 Å². The molecular formula is C20H30IN5O. The third-order valence-corrected chi connectivity index (χ3v) is 4.75. The van der Waals surface area contributed by atoms with Gasteiger partial charge in [0.1, 0.15) is 0 Å². The zero-order chi connectivity index (χ0) is 18.2. The molecule has 1 aliphatic rings. The van der Waals surface area contributed by atoms with Crippen molar-refractivity contribution in [2.75, 3.05) is 6.54 Å². The fourth-order valence-electron chi connectivity index (χ4n) is 3.25. The number of aliphatic hydroxyl groups is 1. The van der Waals surface area contributed by atoms with Crippen molar-refractivity contribution in [3.63, 3.8) is 0 Å². The molecule has 0 amide bonds. The van der Waals surface area contributed by atoms with Gasteiger partial charge in [0.2, 0.25) is 0 Å². The van der Waals surface area contributed by atoms with Gasteiger partial charge in [-0.2, -0.15) is 0 Å². The number of nitrogens with zero attached hydrogens (tertiary/aromatic N) is 3. The van der Waals surface area contributed by atoms with Crippen molar-refractivity contribution in [3.05, 3.63) is 54.1 Å². The molecule has 1 aromatic carbocycles. The second kappa shape index (κ2) is 11.3. The monoisotopic (exact) mass is 483 g/mol. The van der Waals surface area contributed by atoms with Crippen molar-refractivity contribution in [2.45, 2.75) is 57.8 Å². The molecule has 0 saturated heterocycles. The van der Waals surface area contributed by atoms with Gasteiger partial charge in [-0.05, 0) is 43.7 Å². The van der Waals surface area contributed by atoms with E-state index in [1.54, 1.807) is 6.20 Å². The van der Waals surface area contributed by atoms with Crippen LogP contribution in [0.3, 0.4) is 0 Å². The average molecular weight is 483 g/mol. The number of guanidine groups is 1. The van der Waals surface area contributed by atoms with Gasteiger partial charge in [0, 0.05) is 31.5 Å². The summed E-state index contributed by atoms with van der Waals surface area (Å²) in [5, 5.41) is 16.5. The van der Waals surface area contributed by atoms with Crippen LogP contribution in [0.2, 0.25) is 0 Å². The first-order valence-corrected chi connectivity index (χ1v) is 9.49. The van der Waals surface area contributed by atoms with Crippen LogP contribution in [0.15, 0.2) is 48.0 Å². The topological polar surface area (TPSA) is 74.5 Å². The summed E-state index contributed by atoms with van der Waals surface area (Å²) in [6.45, 7) is 4.40. The zero-order valence-electron chi connectivity index (χ0n) is 15.8. The molecule has 27 heavy (non-hydrogen) atoms. The number of aliphatic imine (C=N–C) groups is 1. The Kier molecular flexibility index (Phi) is 9.06. The molecule has 3 rings (SSSR count). The highest BCUT2D eigenvalue weighted by Crippen LogP contribution is 2.18. The number of benzene rings is 1. The second-order valence-corrected chi connectivity index (χ2v) is 6.90. The van der Waals surface area contributed by atoms with E-state index < -0.39 is 0 Å². The van der Waals surface area contributed by atoms with Crippen LogP contribution in [0, 0.1) is 0 Å². The van der Waals surface area contributed by atoms with Gasteiger partial charge in [-0.25, -0.2) is 9.98 Å². The molecule has 7 heteroatoms. The predicted molar refractivity (Wildman–Crippen MR) is 119 cm³/mol. The van der Waals surface area contributed by atoms with Gasteiger partial charge in [-0.3, -0.25) is 0 Å². The number of imidazole rings is 1. The van der Waals surface area contributed by atoms with Crippen molar-refractivity contribution in [2.24, 2.45) is 4.99 Å². The van der Waals surface area contributed by atoms with Gasteiger partial charge in [0.15, 0.2) is 5.96 Å². The summed E-state index contributed by atoms with van der Waals surface area (Å²) in [4.78, 5) is 8.79. The SMILES string of the molecule is CCNC(=NCc1ccc(Cn2ccnc2)cc1)NC1CCC(O)CC1.I. The van der Waals surface area contributed by atoms with Gasteiger partial charge in [0.05, 0.1) is 19.0 Å². The van der Waals surface area contributed by atoms with E-state index in [0.717, 1.165) is 44.7 Å². The molecule has 2 aromatic rings. The van der Waals surface area contributed by atoms with E-state index in [1.807, 2.05) is 12.5 Å². The summed E-state index contributed by atoms with van der Waals surface area (Å²) in [5.41, 5.74) is 2.44. The molecule has 1 heterocycles. The lowest BCUT2D eigenvalue weighted by molar-refractivity contribution is 0.120. The molecule has 1 aromatic heterocycles. The van der Waals surface area contributed by atoms with Crippen molar-refractivity contribution in [1.82, 2.24) is 20.2 Å². The molecule has 3 N–H and O–H groups in total. The van der Waals surface area contributed by atoms with Crippen LogP contribution < -0.4 is 10.6 Å². The predicted octanol–water partition coefficient (Wildman–Crippen LogP) is 2.91. The summed E-state index contributed by atoms with van der Waals surface area (Å²) in [7, 11) is 0. The maximum absolute atomic E-state index is 9.64. The Hall–Kier alpha value is -1.61. The van der Waals surface area contributed by atoms with Crippen molar-refractivity contribution in [1.29, 1.82) is 0 Å². The van der Waals surface area contributed by atoms with E-state index in [-0.39, 0.29) is 30.1 Å². The summed E-state index contributed by atoms with van der Waals surface area (Å²) < 4.78 is 2.06. The van der Waals surface area contributed by atoms with Gasteiger partial charge in [-0.15, -0.1) is 24.0 Å². The van der Waals surface area contributed by atoms with Crippen LogP contribution in [-0.4, -0.2) is 39.3 Å². The van der Waals surface area contributed by atoms with Gasteiger partial charge in [0.25, 0.3) is 0 Å². The number of aromatic nitrogens is 2. The highest BCUT2D eigenvalue weighted by Gasteiger charge is 2.19. The number of aliphatic hydroxyl groups excluding tert-OH is 1. The molecule has 0 atom stereocenters. The quantitative estimate of drug-likeness (QED) is 0.336. The largest absolute Gasteiger partial charge is 0.393 e. The first-order valence-electron chi connectivity index (χ1n) is 9.49. The Bertz CT molecular complexity index is 679. The first-order chi connectivity index (χ1) is 12.7. The average Bonchev–Trinajstić information content (AvgIpc) is 3.16. The number of hydrogen-bond donors (Lipinski definition) is 3. The third kappa shape index (κ3) is 7.14. The van der Waals surface area contributed by atoms with E-state index in [2.05, 4.69) is 51.4 Å². The maximum atomic E-state index is 9.64. The zero-order valence-corrected chi connectivity index (χ0v) is 18.2. The lowest BCUT2D eigenvalue weighted by Gasteiger charge is -2.27. The number of hydrogen-bond acceptors (Lipinski definition) is 3. The molecule has 0 aliphatic heterocycles. The van der Waals surface area contributed by atoms with E-state index in [9.17, 15) is 5.11 Å². The molecule has 148 valence electrons. The van der Waals surface area contributed by atoms with Crippen molar-refractivity contribution < 1.29 is 5.11 Å². The molecule has 0 unspecified atom stereocenters. The standard InChI is InChI=1S/C20H29N5O.HI/c1-2-22-20(24-18-7-9-19(26)10-8-18)23-13-16-3-5-17(6-4-16)14-25-12-11-21-15-25;/h3-6,11-12,15,18-19,26H,2,7-10,13-14H2,1H3,(H2,22,23,24);1H. The highest BCUT2D eigenvalue weighted by molar-refractivity contribution is 14.0. The Balaban J connectivity index is 0.00000261.